The quantitative estimate of drug-likeness (QED) is 0.654. The summed E-state index contributed by atoms with van der Waals surface area (Å²) < 4.78 is 38.7. The van der Waals surface area contributed by atoms with Gasteiger partial charge in [0.05, 0.1) is 16.0 Å². The van der Waals surface area contributed by atoms with Gasteiger partial charge >= 0.3 is 5.69 Å². The molecule has 2 N–H and O–H groups in total. The van der Waals surface area contributed by atoms with Crippen molar-refractivity contribution in [1.82, 2.24) is 4.31 Å². The van der Waals surface area contributed by atoms with Gasteiger partial charge in [0.1, 0.15) is 0 Å². The van der Waals surface area contributed by atoms with Crippen LogP contribution in [0.1, 0.15) is 12.8 Å². The molecule has 0 spiro atoms. The third-order valence-corrected chi connectivity index (χ3v) is 4.89. The molecule has 2 rings (SSSR count). The van der Waals surface area contributed by atoms with Crippen LogP contribution >= 0.6 is 0 Å². The number of hydrogen-bond donors (Lipinski definition) is 1. The average Bonchev–Trinajstić information content (AvgIpc) is 2.76. The summed E-state index contributed by atoms with van der Waals surface area (Å²) in [4.78, 5) is 9.34. The van der Waals surface area contributed by atoms with Gasteiger partial charge in [0.25, 0.3) is 0 Å². The van der Waals surface area contributed by atoms with Crippen molar-refractivity contribution in [2.24, 2.45) is 5.73 Å². The van der Waals surface area contributed by atoms with Crippen molar-refractivity contribution in [3.63, 3.8) is 0 Å². The Balaban J connectivity index is 2.46. The Hall–Kier alpha value is -1.58. The van der Waals surface area contributed by atoms with Crippen molar-refractivity contribution in [2.45, 2.75) is 23.9 Å². The molecule has 7 nitrogen and oxygen atoms in total. The van der Waals surface area contributed by atoms with E-state index in [0.29, 0.717) is 12.8 Å². The fourth-order valence-electron chi connectivity index (χ4n) is 1.99. The molecule has 1 aliphatic rings. The summed E-state index contributed by atoms with van der Waals surface area (Å²) in [6.45, 7) is 0.259. The lowest BCUT2D eigenvalue weighted by Crippen LogP contribution is -2.40. The van der Waals surface area contributed by atoms with E-state index in [1.165, 1.54) is 0 Å². The molecule has 1 atom stereocenters. The van der Waals surface area contributed by atoms with Crippen LogP contribution in [0.5, 0.6) is 0 Å². The molecule has 1 aromatic rings. The van der Waals surface area contributed by atoms with Gasteiger partial charge in [0, 0.05) is 12.6 Å². The van der Waals surface area contributed by atoms with E-state index in [4.69, 9.17) is 5.73 Å². The first-order valence-electron chi connectivity index (χ1n) is 5.55. The Morgan fingerprint density at radius 1 is 1.47 bits per heavy atom. The molecular formula is C10H12FN3O4S. The summed E-state index contributed by atoms with van der Waals surface area (Å²) >= 11 is 0. The predicted molar refractivity (Wildman–Crippen MR) is 64.2 cm³/mol. The van der Waals surface area contributed by atoms with Gasteiger partial charge in [-0.1, -0.05) is 0 Å². The van der Waals surface area contributed by atoms with Crippen LogP contribution in [-0.4, -0.2) is 30.4 Å². The molecule has 1 fully saturated rings. The highest BCUT2D eigenvalue weighted by atomic mass is 32.2. The lowest BCUT2D eigenvalue weighted by atomic mass is 10.3. The van der Waals surface area contributed by atoms with Gasteiger partial charge < -0.3 is 5.73 Å². The van der Waals surface area contributed by atoms with Crippen LogP contribution in [0.25, 0.3) is 0 Å². The van der Waals surface area contributed by atoms with Gasteiger partial charge in [-0.2, -0.15) is 8.70 Å². The van der Waals surface area contributed by atoms with Gasteiger partial charge in [0.15, 0.2) is 0 Å². The van der Waals surface area contributed by atoms with Crippen LogP contribution in [0.2, 0.25) is 0 Å². The number of nitro groups is 1. The van der Waals surface area contributed by atoms with E-state index < -0.39 is 32.6 Å². The Kier molecular flexibility index (Phi) is 3.52. The third kappa shape index (κ3) is 2.44. The van der Waals surface area contributed by atoms with Crippen molar-refractivity contribution in [1.29, 1.82) is 0 Å². The lowest BCUT2D eigenvalue weighted by molar-refractivity contribution is -0.387. The second-order valence-electron chi connectivity index (χ2n) is 4.20. The van der Waals surface area contributed by atoms with Gasteiger partial charge in [-0.25, -0.2) is 8.42 Å². The molecule has 1 heterocycles. The zero-order valence-corrected chi connectivity index (χ0v) is 10.6. The van der Waals surface area contributed by atoms with E-state index in [1.54, 1.807) is 0 Å². The average molecular weight is 289 g/mol. The molecule has 0 radical (unpaired) electrons. The molecule has 1 saturated heterocycles. The minimum absolute atomic E-state index is 0.259. The third-order valence-electron chi connectivity index (χ3n) is 2.97. The number of nitrogens with zero attached hydrogens (tertiary/aromatic N) is 2. The second kappa shape index (κ2) is 4.83. The molecule has 19 heavy (non-hydrogen) atoms. The topological polar surface area (TPSA) is 107 Å². The maximum absolute atomic E-state index is 13.2. The number of benzene rings is 1. The van der Waals surface area contributed by atoms with E-state index in [9.17, 15) is 22.9 Å². The van der Waals surface area contributed by atoms with E-state index in [0.717, 1.165) is 22.5 Å². The summed E-state index contributed by atoms with van der Waals surface area (Å²) in [5, 5.41) is 10.6. The maximum atomic E-state index is 13.2. The molecule has 0 amide bonds. The molecule has 0 aromatic heterocycles. The molecule has 0 saturated carbocycles. The fourth-order valence-corrected chi connectivity index (χ4v) is 3.60. The molecule has 0 aliphatic carbocycles. The van der Waals surface area contributed by atoms with Gasteiger partial charge in [-0.15, -0.1) is 0 Å². The zero-order chi connectivity index (χ0) is 14.2. The number of halogens is 1. The van der Waals surface area contributed by atoms with E-state index in [-0.39, 0.29) is 11.4 Å². The zero-order valence-electron chi connectivity index (χ0n) is 9.82. The molecule has 1 aliphatic heterocycles. The van der Waals surface area contributed by atoms with E-state index in [1.807, 2.05) is 0 Å². The SMILES string of the molecule is NC1CCCN1S(=O)(=O)c1ccc(F)c([N+](=O)[O-])c1. The summed E-state index contributed by atoms with van der Waals surface area (Å²) in [5.41, 5.74) is 4.80. The monoisotopic (exact) mass is 289 g/mol. The van der Waals surface area contributed by atoms with Crippen molar-refractivity contribution >= 4 is 15.7 Å². The Morgan fingerprint density at radius 3 is 2.68 bits per heavy atom. The standard InChI is InChI=1S/C10H12FN3O4S/c11-8-4-3-7(6-9(8)14(15)16)19(17,18)13-5-1-2-10(13)12/h3-4,6,10H,1-2,5,12H2. The number of hydrogen-bond acceptors (Lipinski definition) is 5. The minimum atomic E-state index is -3.92. The van der Waals surface area contributed by atoms with Crippen LogP contribution < -0.4 is 5.73 Å². The van der Waals surface area contributed by atoms with E-state index in [2.05, 4.69) is 0 Å². The summed E-state index contributed by atoms with van der Waals surface area (Å²) in [6.07, 6.45) is 0.515. The molecule has 9 heteroatoms. The van der Waals surface area contributed by atoms with Crippen molar-refractivity contribution in [2.75, 3.05) is 6.54 Å². The second-order valence-corrected chi connectivity index (χ2v) is 6.09. The first kappa shape index (κ1) is 13.8. The van der Waals surface area contributed by atoms with Crippen molar-refractivity contribution in [3.05, 3.63) is 34.1 Å². The highest BCUT2D eigenvalue weighted by Gasteiger charge is 2.34. The summed E-state index contributed by atoms with van der Waals surface area (Å²) in [5.74, 6) is -1.07. The lowest BCUT2D eigenvalue weighted by Gasteiger charge is -2.20. The first-order valence-corrected chi connectivity index (χ1v) is 6.99. The Morgan fingerprint density at radius 2 is 2.16 bits per heavy atom. The maximum Gasteiger partial charge on any atom is 0.306 e. The van der Waals surface area contributed by atoms with Crippen LogP contribution in [0.3, 0.4) is 0 Å². The predicted octanol–water partition coefficient (Wildman–Crippen LogP) is 0.803. The van der Waals surface area contributed by atoms with Crippen LogP contribution in [-0.2, 0) is 10.0 Å². The van der Waals surface area contributed by atoms with Gasteiger partial charge in [-0.05, 0) is 25.0 Å². The minimum Gasteiger partial charge on any atom is -0.315 e. The Labute approximate surface area is 109 Å². The summed E-state index contributed by atoms with van der Waals surface area (Å²) in [6, 6.07) is 2.49. The number of nitrogens with two attached hydrogens (primary N) is 1. The van der Waals surface area contributed by atoms with Crippen molar-refractivity contribution < 1.29 is 17.7 Å². The molecule has 0 bridgehead atoms. The summed E-state index contributed by atoms with van der Waals surface area (Å²) in [7, 11) is -3.92. The highest BCUT2D eigenvalue weighted by molar-refractivity contribution is 7.89. The van der Waals surface area contributed by atoms with E-state index >= 15 is 0 Å². The number of rotatable bonds is 3. The van der Waals surface area contributed by atoms with Gasteiger partial charge in [-0.3, -0.25) is 10.1 Å². The largest absolute Gasteiger partial charge is 0.315 e. The normalized spacial score (nSPS) is 20.6. The smallest absolute Gasteiger partial charge is 0.306 e. The molecule has 1 unspecified atom stereocenters. The van der Waals surface area contributed by atoms with Crippen LogP contribution in [0, 0.1) is 15.9 Å². The van der Waals surface area contributed by atoms with Crippen LogP contribution in [0.4, 0.5) is 10.1 Å². The van der Waals surface area contributed by atoms with Gasteiger partial charge in [0.2, 0.25) is 15.8 Å². The number of nitro benzene ring substituents is 1. The van der Waals surface area contributed by atoms with Crippen LogP contribution in [0.15, 0.2) is 23.1 Å². The highest BCUT2D eigenvalue weighted by Crippen LogP contribution is 2.27. The molecular weight excluding hydrogens is 277 g/mol. The molecule has 1 aromatic carbocycles. The van der Waals surface area contributed by atoms with Crippen molar-refractivity contribution in [3.8, 4) is 0 Å². The Bertz CT molecular complexity index is 619. The number of sulfonamides is 1. The fraction of sp³-hybridized carbons (Fsp3) is 0.400. The first-order chi connectivity index (χ1) is 8.84. The molecule has 104 valence electrons.